The predicted octanol–water partition coefficient (Wildman–Crippen LogP) is 2.89. The lowest BCUT2D eigenvalue weighted by Crippen LogP contribution is -2.24. The molecule has 6 nitrogen and oxygen atoms in total. The fourth-order valence-corrected chi connectivity index (χ4v) is 2.78. The Hall–Kier alpha value is -2.86. The van der Waals surface area contributed by atoms with Gasteiger partial charge in [-0.2, -0.15) is 0 Å². The number of carbonyl (C=O) groups is 3. The van der Waals surface area contributed by atoms with Crippen LogP contribution in [0.25, 0.3) is 0 Å². The molecule has 7 heteroatoms. The summed E-state index contributed by atoms with van der Waals surface area (Å²) < 4.78 is 5.47. The molecule has 1 aliphatic rings. The molecule has 0 fully saturated rings. The van der Waals surface area contributed by atoms with Crippen LogP contribution in [0.15, 0.2) is 36.4 Å². The van der Waals surface area contributed by atoms with Gasteiger partial charge in [-0.1, -0.05) is 11.6 Å². The molecule has 0 bridgehead atoms. The number of aryl methyl sites for hydroxylation is 1. The molecule has 0 saturated heterocycles. The molecule has 1 aliphatic heterocycles. The highest BCUT2D eigenvalue weighted by Crippen LogP contribution is 2.25. The van der Waals surface area contributed by atoms with Crippen LogP contribution in [-0.2, 0) is 4.79 Å². The maximum absolute atomic E-state index is 12.0. The number of imide groups is 1. The number of anilines is 1. The number of amides is 3. The molecule has 0 aliphatic carbocycles. The topological polar surface area (TPSA) is 75.7 Å². The van der Waals surface area contributed by atoms with E-state index in [4.69, 9.17) is 16.3 Å². The fraction of sp³-hybridized carbons (Fsp3) is 0.167. The Bertz CT molecular complexity index is 895. The Morgan fingerprint density at radius 1 is 1.12 bits per heavy atom. The molecule has 0 radical (unpaired) electrons. The van der Waals surface area contributed by atoms with Crippen LogP contribution in [0.1, 0.15) is 26.3 Å². The summed E-state index contributed by atoms with van der Waals surface area (Å²) >= 11 is 5.88. The van der Waals surface area contributed by atoms with Crippen molar-refractivity contribution >= 4 is 35.0 Å². The van der Waals surface area contributed by atoms with Gasteiger partial charge >= 0.3 is 0 Å². The van der Waals surface area contributed by atoms with Crippen LogP contribution in [0.3, 0.4) is 0 Å². The van der Waals surface area contributed by atoms with Crippen molar-refractivity contribution in [3.05, 3.63) is 58.1 Å². The highest BCUT2D eigenvalue weighted by atomic mass is 35.5. The Morgan fingerprint density at radius 2 is 1.84 bits per heavy atom. The van der Waals surface area contributed by atoms with Crippen molar-refractivity contribution < 1.29 is 19.1 Å². The van der Waals surface area contributed by atoms with Crippen LogP contribution < -0.4 is 10.1 Å². The van der Waals surface area contributed by atoms with Crippen LogP contribution in [-0.4, -0.2) is 36.3 Å². The van der Waals surface area contributed by atoms with Gasteiger partial charge in [-0.05, 0) is 48.9 Å². The molecule has 2 aromatic carbocycles. The first kappa shape index (κ1) is 17.0. The standard InChI is InChI=1S/C18H15ClN2O4/c1-10-7-11(19)3-6-15(10)25-9-16(22)20-12-4-5-13-14(8-12)18(24)21(2)17(13)23/h3-8H,9H2,1-2H3,(H,20,22). The third-order valence-corrected chi connectivity index (χ3v) is 4.10. The average Bonchev–Trinajstić information content (AvgIpc) is 2.78. The number of carbonyl (C=O) groups excluding carboxylic acids is 3. The van der Waals surface area contributed by atoms with Gasteiger partial charge in [-0.3, -0.25) is 19.3 Å². The molecule has 0 saturated carbocycles. The number of rotatable bonds is 4. The average molecular weight is 359 g/mol. The normalized spacial score (nSPS) is 13.0. The minimum absolute atomic E-state index is 0.188. The maximum atomic E-state index is 12.0. The summed E-state index contributed by atoms with van der Waals surface area (Å²) in [4.78, 5) is 36.9. The summed E-state index contributed by atoms with van der Waals surface area (Å²) in [6.45, 7) is 1.64. The van der Waals surface area contributed by atoms with E-state index < -0.39 is 0 Å². The van der Waals surface area contributed by atoms with E-state index in [1.807, 2.05) is 6.92 Å². The number of halogens is 1. The van der Waals surface area contributed by atoms with Gasteiger partial charge in [-0.15, -0.1) is 0 Å². The van der Waals surface area contributed by atoms with Crippen molar-refractivity contribution in [2.24, 2.45) is 0 Å². The van der Waals surface area contributed by atoms with Crippen LogP contribution in [0, 0.1) is 6.92 Å². The Balaban J connectivity index is 1.66. The van der Waals surface area contributed by atoms with Crippen LogP contribution in [0.5, 0.6) is 5.75 Å². The highest BCUT2D eigenvalue weighted by Gasteiger charge is 2.32. The van der Waals surface area contributed by atoms with E-state index in [9.17, 15) is 14.4 Å². The van der Waals surface area contributed by atoms with Crippen molar-refractivity contribution in [1.29, 1.82) is 0 Å². The quantitative estimate of drug-likeness (QED) is 0.853. The van der Waals surface area contributed by atoms with Crippen molar-refractivity contribution in [3.63, 3.8) is 0 Å². The largest absolute Gasteiger partial charge is 0.483 e. The number of nitrogens with one attached hydrogen (secondary N) is 1. The Labute approximate surface area is 149 Å². The zero-order chi connectivity index (χ0) is 18.1. The second-order valence-corrected chi connectivity index (χ2v) is 6.11. The van der Waals surface area contributed by atoms with Gasteiger partial charge < -0.3 is 10.1 Å². The molecular formula is C18H15ClN2O4. The minimum atomic E-state index is -0.385. The van der Waals surface area contributed by atoms with E-state index in [2.05, 4.69) is 5.32 Å². The van der Waals surface area contributed by atoms with E-state index in [0.717, 1.165) is 10.5 Å². The number of benzene rings is 2. The maximum Gasteiger partial charge on any atom is 0.262 e. The van der Waals surface area contributed by atoms with E-state index in [1.54, 1.807) is 24.3 Å². The number of nitrogens with zero attached hydrogens (tertiary/aromatic N) is 1. The first-order chi connectivity index (χ1) is 11.9. The first-order valence-corrected chi connectivity index (χ1v) is 7.90. The minimum Gasteiger partial charge on any atom is -0.483 e. The molecular weight excluding hydrogens is 344 g/mol. The predicted molar refractivity (Wildman–Crippen MR) is 93.2 cm³/mol. The molecule has 0 aromatic heterocycles. The van der Waals surface area contributed by atoms with Gasteiger partial charge in [0.15, 0.2) is 6.61 Å². The van der Waals surface area contributed by atoms with Crippen molar-refractivity contribution in [2.75, 3.05) is 19.0 Å². The van der Waals surface area contributed by atoms with Gasteiger partial charge in [0.2, 0.25) is 0 Å². The molecule has 2 aromatic rings. The molecule has 0 atom stereocenters. The van der Waals surface area contributed by atoms with Gasteiger partial charge in [0.1, 0.15) is 5.75 Å². The lowest BCUT2D eigenvalue weighted by Gasteiger charge is -2.10. The second kappa shape index (κ2) is 6.57. The third kappa shape index (κ3) is 3.34. The summed E-state index contributed by atoms with van der Waals surface area (Å²) in [6.07, 6.45) is 0. The lowest BCUT2D eigenvalue weighted by atomic mass is 10.1. The van der Waals surface area contributed by atoms with E-state index in [1.165, 1.54) is 19.2 Å². The highest BCUT2D eigenvalue weighted by molar-refractivity contribution is 6.30. The molecule has 3 amide bonds. The van der Waals surface area contributed by atoms with Crippen molar-refractivity contribution in [2.45, 2.75) is 6.92 Å². The van der Waals surface area contributed by atoms with Crippen LogP contribution >= 0.6 is 11.6 Å². The van der Waals surface area contributed by atoms with E-state index >= 15 is 0 Å². The zero-order valence-electron chi connectivity index (χ0n) is 13.6. The lowest BCUT2D eigenvalue weighted by molar-refractivity contribution is -0.118. The molecule has 1 heterocycles. The summed E-state index contributed by atoms with van der Waals surface area (Å²) in [5, 5.41) is 3.25. The van der Waals surface area contributed by atoms with Gasteiger partial charge in [0.05, 0.1) is 11.1 Å². The van der Waals surface area contributed by atoms with Crippen LogP contribution in [0.2, 0.25) is 5.02 Å². The molecule has 3 rings (SSSR count). The Kier molecular flexibility index (Phi) is 4.46. The van der Waals surface area contributed by atoms with E-state index in [-0.39, 0.29) is 29.9 Å². The second-order valence-electron chi connectivity index (χ2n) is 5.68. The zero-order valence-corrected chi connectivity index (χ0v) is 14.4. The van der Waals surface area contributed by atoms with Crippen LogP contribution in [0.4, 0.5) is 5.69 Å². The summed E-state index contributed by atoms with van der Waals surface area (Å²) in [7, 11) is 1.42. The molecule has 0 spiro atoms. The van der Waals surface area contributed by atoms with Gasteiger partial charge in [-0.25, -0.2) is 0 Å². The molecule has 25 heavy (non-hydrogen) atoms. The molecule has 128 valence electrons. The number of hydrogen-bond donors (Lipinski definition) is 1. The van der Waals surface area contributed by atoms with Crippen molar-refractivity contribution in [1.82, 2.24) is 4.90 Å². The smallest absolute Gasteiger partial charge is 0.262 e. The van der Waals surface area contributed by atoms with Crippen molar-refractivity contribution in [3.8, 4) is 5.75 Å². The molecule has 0 unspecified atom stereocenters. The first-order valence-electron chi connectivity index (χ1n) is 7.52. The number of hydrogen-bond acceptors (Lipinski definition) is 4. The molecule has 1 N–H and O–H groups in total. The summed E-state index contributed by atoms with van der Waals surface area (Å²) in [5.74, 6) is -0.543. The number of fused-ring (bicyclic) bond motifs is 1. The van der Waals surface area contributed by atoms with Gasteiger partial charge in [0.25, 0.3) is 17.7 Å². The number of ether oxygens (including phenoxy) is 1. The summed E-state index contributed by atoms with van der Waals surface area (Å²) in [6, 6.07) is 9.72. The fourth-order valence-electron chi connectivity index (χ4n) is 2.55. The third-order valence-electron chi connectivity index (χ3n) is 3.87. The summed E-state index contributed by atoms with van der Waals surface area (Å²) in [5.41, 5.74) is 1.86. The van der Waals surface area contributed by atoms with E-state index in [0.29, 0.717) is 22.0 Å². The van der Waals surface area contributed by atoms with Gasteiger partial charge in [0, 0.05) is 17.8 Å². The monoisotopic (exact) mass is 358 g/mol. The SMILES string of the molecule is Cc1cc(Cl)ccc1OCC(=O)Nc1ccc2c(c1)C(=O)N(C)C2=O. The Morgan fingerprint density at radius 3 is 2.56 bits per heavy atom.